The molecule has 0 saturated carbocycles. The molecule has 1 rings (SSSR count). The van der Waals surface area contributed by atoms with Gasteiger partial charge in [0.25, 0.3) is 0 Å². The van der Waals surface area contributed by atoms with Crippen molar-refractivity contribution < 1.29 is 0 Å². The molecule has 1 unspecified atom stereocenters. The van der Waals surface area contributed by atoms with Gasteiger partial charge >= 0.3 is 0 Å². The van der Waals surface area contributed by atoms with Gasteiger partial charge in [-0.05, 0) is 43.4 Å². The van der Waals surface area contributed by atoms with Gasteiger partial charge in [-0.25, -0.2) is 4.98 Å². The summed E-state index contributed by atoms with van der Waals surface area (Å²) in [6, 6.07) is 1.96. The summed E-state index contributed by atoms with van der Waals surface area (Å²) < 4.78 is 0. The summed E-state index contributed by atoms with van der Waals surface area (Å²) in [6.45, 7) is 8.65. The fraction of sp³-hybridized carbons (Fsp3) is 0.583. The van der Waals surface area contributed by atoms with E-state index in [2.05, 4.69) is 25.8 Å². The summed E-state index contributed by atoms with van der Waals surface area (Å²) in [5.74, 6) is 1.35. The first-order chi connectivity index (χ1) is 6.54. The van der Waals surface area contributed by atoms with Crippen molar-refractivity contribution in [1.82, 2.24) is 4.98 Å². The Morgan fingerprint density at radius 1 is 1.43 bits per heavy atom. The van der Waals surface area contributed by atoms with E-state index in [9.17, 15) is 0 Å². The van der Waals surface area contributed by atoms with Crippen LogP contribution in [0.25, 0.3) is 0 Å². The fourth-order valence-electron chi connectivity index (χ4n) is 1.69. The highest BCUT2D eigenvalue weighted by molar-refractivity contribution is 5.40. The molecule has 0 aliphatic rings. The van der Waals surface area contributed by atoms with E-state index in [1.165, 1.54) is 17.5 Å². The molecule has 14 heavy (non-hydrogen) atoms. The van der Waals surface area contributed by atoms with Crippen LogP contribution in [0, 0.1) is 19.8 Å². The second kappa shape index (κ2) is 4.45. The second-order valence-electron chi connectivity index (χ2n) is 4.15. The molecule has 1 atom stereocenters. The lowest BCUT2D eigenvalue weighted by Gasteiger charge is -2.13. The fourth-order valence-corrected chi connectivity index (χ4v) is 1.69. The molecule has 2 N–H and O–H groups in total. The number of aromatic nitrogens is 1. The van der Waals surface area contributed by atoms with E-state index in [4.69, 9.17) is 5.73 Å². The zero-order valence-corrected chi connectivity index (χ0v) is 9.59. The molecule has 1 aromatic rings. The van der Waals surface area contributed by atoms with Gasteiger partial charge in [-0.3, -0.25) is 0 Å². The first-order valence-corrected chi connectivity index (χ1v) is 5.27. The molecule has 2 nitrogen and oxygen atoms in total. The molecule has 1 aromatic heterocycles. The summed E-state index contributed by atoms with van der Waals surface area (Å²) in [7, 11) is 0. The highest BCUT2D eigenvalue weighted by atomic mass is 14.8. The smallest absolute Gasteiger partial charge is 0.123 e. The Hall–Kier alpha value is -1.05. The van der Waals surface area contributed by atoms with Crippen molar-refractivity contribution in [3.05, 3.63) is 22.9 Å². The Morgan fingerprint density at radius 2 is 2.07 bits per heavy atom. The monoisotopic (exact) mass is 192 g/mol. The number of nitrogens with two attached hydrogens (primary N) is 1. The van der Waals surface area contributed by atoms with E-state index >= 15 is 0 Å². The summed E-state index contributed by atoms with van der Waals surface area (Å²) in [6.07, 6.45) is 2.32. The number of nitrogen functional groups attached to an aromatic ring is 1. The number of hydrogen-bond donors (Lipinski definition) is 1. The Bertz CT molecular complexity index is 295. The van der Waals surface area contributed by atoms with Crippen LogP contribution < -0.4 is 5.73 Å². The van der Waals surface area contributed by atoms with Crippen molar-refractivity contribution in [2.24, 2.45) is 5.92 Å². The van der Waals surface area contributed by atoms with Crippen molar-refractivity contribution in [3.8, 4) is 0 Å². The molecule has 78 valence electrons. The van der Waals surface area contributed by atoms with E-state index in [1.807, 2.05) is 13.0 Å². The van der Waals surface area contributed by atoms with Crippen molar-refractivity contribution in [2.45, 2.75) is 40.5 Å². The largest absolute Gasteiger partial charge is 0.384 e. The Morgan fingerprint density at radius 3 is 2.57 bits per heavy atom. The van der Waals surface area contributed by atoms with E-state index in [-0.39, 0.29) is 0 Å². The van der Waals surface area contributed by atoms with E-state index in [0.29, 0.717) is 5.82 Å². The van der Waals surface area contributed by atoms with Crippen molar-refractivity contribution in [1.29, 1.82) is 0 Å². The third-order valence-corrected chi connectivity index (χ3v) is 2.82. The topological polar surface area (TPSA) is 38.9 Å². The van der Waals surface area contributed by atoms with Gasteiger partial charge < -0.3 is 5.73 Å². The second-order valence-corrected chi connectivity index (χ2v) is 4.15. The highest BCUT2D eigenvalue weighted by Gasteiger charge is 2.08. The van der Waals surface area contributed by atoms with Crippen molar-refractivity contribution in [3.63, 3.8) is 0 Å². The summed E-state index contributed by atoms with van der Waals surface area (Å²) in [5, 5.41) is 0. The quantitative estimate of drug-likeness (QED) is 0.799. The van der Waals surface area contributed by atoms with E-state index in [0.717, 1.165) is 18.0 Å². The maximum atomic E-state index is 5.68. The Labute approximate surface area is 86.5 Å². The SMILES string of the molecule is CCC(C)Cc1c(C)cc(N)nc1C. The van der Waals surface area contributed by atoms with Gasteiger partial charge in [0.1, 0.15) is 5.82 Å². The number of rotatable bonds is 3. The average Bonchev–Trinajstić information content (AvgIpc) is 2.10. The highest BCUT2D eigenvalue weighted by Crippen LogP contribution is 2.19. The standard InChI is InChI=1S/C12H20N2/c1-5-8(2)6-11-9(3)7-12(13)14-10(11)4/h7-8H,5-6H2,1-4H3,(H2,13,14). The number of hydrogen-bond acceptors (Lipinski definition) is 2. The van der Waals surface area contributed by atoms with Crippen LogP contribution in [0.1, 0.15) is 37.1 Å². The van der Waals surface area contributed by atoms with Gasteiger partial charge in [0.05, 0.1) is 0 Å². The molecule has 0 radical (unpaired) electrons. The molecule has 0 fully saturated rings. The van der Waals surface area contributed by atoms with Gasteiger partial charge in [0.2, 0.25) is 0 Å². The molecule has 0 bridgehead atoms. The maximum absolute atomic E-state index is 5.68. The molecule has 2 heteroatoms. The lowest BCUT2D eigenvalue weighted by Crippen LogP contribution is -2.05. The van der Waals surface area contributed by atoms with Crippen LogP contribution in [0.3, 0.4) is 0 Å². The minimum atomic E-state index is 0.632. The summed E-state index contributed by atoms with van der Waals surface area (Å²) in [4.78, 5) is 4.30. The average molecular weight is 192 g/mol. The summed E-state index contributed by atoms with van der Waals surface area (Å²) in [5.41, 5.74) is 9.41. The van der Waals surface area contributed by atoms with Crippen molar-refractivity contribution >= 4 is 5.82 Å². The third-order valence-electron chi connectivity index (χ3n) is 2.82. The van der Waals surface area contributed by atoms with E-state index < -0.39 is 0 Å². The molecule has 0 aliphatic heterocycles. The number of aryl methyl sites for hydroxylation is 2. The van der Waals surface area contributed by atoms with Crippen molar-refractivity contribution in [2.75, 3.05) is 5.73 Å². The van der Waals surface area contributed by atoms with Crippen LogP contribution in [0.15, 0.2) is 6.07 Å². The van der Waals surface area contributed by atoms with Crippen LogP contribution in [0.5, 0.6) is 0 Å². The van der Waals surface area contributed by atoms with Crippen LogP contribution >= 0.6 is 0 Å². The number of nitrogens with zero attached hydrogens (tertiary/aromatic N) is 1. The minimum Gasteiger partial charge on any atom is -0.384 e. The molecular formula is C12H20N2. The van der Waals surface area contributed by atoms with Gasteiger partial charge in [0, 0.05) is 5.69 Å². The zero-order chi connectivity index (χ0) is 10.7. The minimum absolute atomic E-state index is 0.632. The first kappa shape index (κ1) is 11.0. The van der Waals surface area contributed by atoms with Crippen LogP contribution in [-0.2, 0) is 6.42 Å². The zero-order valence-electron chi connectivity index (χ0n) is 9.59. The van der Waals surface area contributed by atoms with Crippen LogP contribution in [-0.4, -0.2) is 4.98 Å². The molecule has 0 aromatic carbocycles. The van der Waals surface area contributed by atoms with E-state index in [1.54, 1.807) is 0 Å². The molecule has 1 heterocycles. The van der Waals surface area contributed by atoms with Crippen LogP contribution in [0.2, 0.25) is 0 Å². The lowest BCUT2D eigenvalue weighted by molar-refractivity contribution is 0.556. The third kappa shape index (κ3) is 2.47. The molecular weight excluding hydrogens is 172 g/mol. The first-order valence-electron chi connectivity index (χ1n) is 5.27. The lowest BCUT2D eigenvalue weighted by atomic mass is 9.95. The Kier molecular flexibility index (Phi) is 3.50. The van der Waals surface area contributed by atoms with Crippen LogP contribution in [0.4, 0.5) is 5.82 Å². The van der Waals surface area contributed by atoms with Gasteiger partial charge in [-0.2, -0.15) is 0 Å². The molecule has 0 spiro atoms. The van der Waals surface area contributed by atoms with Gasteiger partial charge in [0.15, 0.2) is 0 Å². The number of anilines is 1. The molecule has 0 amide bonds. The van der Waals surface area contributed by atoms with Gasteiger partial charge in [-0.1, -0.05) is 20.3 Å². The summed E-state index contributed by atoms with van der Waals surface area (Å²) >= 11 is 0. The van der Waals surface area contributed by atoms with Gasteiger partial charge in [-0.15, -0.1) is 0 Å². The predicted octanol–water partition coefficient (Wildman–Crippen LogP) is 2.87. The molecule has 0 aliphatic carbocycles. The maximum Gasteiger partial charge on any atom is 0.123 e. The normalized spacial score (nSPS) is 12.9. The Balaban J connectivity index is 2.96. The number of pyridine rings is 1. The molecule has 0 saturated heterocycles. The predicted molar refractivity (Wildman–Crippen MR) is 61.3 cm³/mol.